The molecule has 1 heterocycles. The van der Waals surface area contributed by atoms with Crippen molar-refractivity contribution < 1.29 is 19.1 Å². The summed E-state index contributed by atoms with van der Waals surface area (Å²) in [4.78, 5) is 29.3. The van der Waals surface area contributed by atoms with E-state index in [1.165, 1.54) is 0 Å². The van der Waals surface area contributed by atoms with Gasteiger partial charge in [-0.1, -0.05) is 30.3 Å². The first kappa shape index (κ1) is 21.7. The zero-order valence-corrected chi connectivity index (χ0v) is 18.1. The van der Waals surface area contributed by atoms with Crippen molar-refractivity contribution in [3.8, 4) is 11.5 Å². The lowest BCUT2D eigenvalue weighted by molar-refractivity contribution is 0.0276. The van der Waals surface area contributed by atoms with Crippen LogP contribution in [0.3, 0.4) is 0 Å². The number of ether oxygens (including phenoxy) is 2. The van der Waals surface area contributed by atoms with Gasteiger partial charge in [0.15, 0.2) is 0 Å². The van der Waals surface area contributed by atoms with Crippen molar-refractivity contribution in [1.82, 2.24) is 9.80 Å². The molecule has 0 spiro atoms. The molecule has 30 heavy (non-hydrogen) atoms. The highest BCUT2D eigenvalue weighted by atomic mass is 16.6. The van der Waals surface area contributed by atoms with Crippen LogP contribution in [0.2, 0.25) is 0 Å². The highest BCUT2D eigenvalue weighted by Gasteiger charge is 2.35. The summed E-state index contributed by atoms with van der Waals surface area (Å²) >= 11 is 0. The molecule has 0 radical (unpaired) electrons. The first-order chi connectivity index (χ1) is 14.3. The van der Waals surface area contributed by atoms with Crippen molar-refractivity contribution in [2.75, 3.05) is 19.6 Å². The van der Waals surface area contributed by atoms with Crippen LogP contribution < -0.4 is 4.74 Å². The smallest absolute Gasteiger partial charge is 0.410 e. The van der Waals surface area contributed by atoms with E-state index in [1.807, 2.05) is 75.1 Å². The highest BCUT2D eigenvalue weighted by Crippen LogP contribution is 2.28. The number of likely N-dealkylation sites (tertiary alicyclic amines) is 1. The van der Waals surface area contributed by atoms with Gasteiger partial charge in [-0.25, -0.2) is 4.79 Å². The molecule has 2 aromatic carbocycles. The molecule has 160 valence electrons. The third kappa shape index (κ3) is 5.32. The normalized spacial score (nSPS) is 16.3. The monoisotopic (exact) mass is 410 g/mol. The second-order valence-corrected chi connectivity index (χ2v) is 8.37. The Morgan fingerprint density at radius 1 is 1.07 bits per heavy atom. The summed E-state index contributed by atoms with van der Waals surface area (Å²) in [5, 5.41) is 0. The summed E-state index contributed by atoms with van der Waals surface area (Å²) in [6.45, 7) is 9.10. The maximum atomic E-state index is 13.4. The molecule has 0 N–H and O–H groups in total. The summed E-state index contributed by atoms with van der Waals surface area (Å²) in [5.41, 5.74) is -0.0257. The molecule has 1 atom stereocenters. The predicted molar refractivity (Wildman–Crippen MR) is 116 cm³/mol. The average Bonchev–Trinajstić information content (AvgIpc) is 3.18. The van der Waals surface area contributed by atoms with Gasteiger partial charge in [0.2, 0.25) is 0 Å². The standard InChI is InChI=1S/C24H30N2O4/c1-5-26(18-15-16-25(17-18)23(28)30-24(2,3)4)22(27)20-13-9-10-14-21(20)29-19-11-7-6-8-12-19/h6-14,18H,5,15-17H2,1-4H3/t18-/m0/s1. The summed E-state index contributed by atoms with van der Waals surface area (Å²) in [5.74, 6) is 1.10. The van der Waals surface area contributed by atoms with Crippen LogP contribution >= 0.6 is 0 Å². The number of hydrogen-bond donors (Lipinski definition) is 0. The number of nitrogens with zero attached hydrogens (tertiary/aromatic N) is 2. The number of amides is 2. The van der Waals surface area contributed by atoms with Crippen LogP contribution in [0.15, 0.2) is 54.6 Å². The van der Waals surface area contributed by atoms with Crippen LogP contribution in [0.1, 0.15) is 44.5 Å². The van der Waals surface area contributed by atoms with E-state index in [1.54, 1.807) is 17.0 Å². The van der Waals surface area contributed by atoms with Gasteiger partial charge in [-0.15, -0.1) is 0 Å². The summed E-state index contributed by atoms with van der Waals surface area (Å²) < 4.78 is 11.4. The Kier molecular flexibility index (Phi) is 6.65. The lowest BCUT2D eigenvalue weighted by atomic mass is 10.1. The van der Waals surface area contributed by atoms with Crippen molar-refractivity contribution in [2.45, 2.75) is 45.8 Å². The zero-order chi connectivity index (χ0) is 21.7. The Morgan fingerprint density at radius 3 is 2.40 bits per heavy atom. The lowest BCUT2D eigenvalue weighted by Crippen LogP contribution is -2.43. The van der Waals surface area contributed by atoms with Gasteiger partial charge >= 0.3 is 6.09 Å². The van der Waals surface area contributed by atoms with E-state index >= 15 is 0 Å². The van der Waals surface area contributed by atoms with E-state index in [-0.39, 0.29) is 18.0 Å². The minimum Gasteiger partial charge on any atom is -0.457 e. The van der Waals surface area contributed by atoms with Gasteiger partial charge in [0.1, 0.15) is 17.1 Å². The van der Waals surface area contributed by atoms with Crippen molar-refractivity contribution in [1.29, 1.82) is 0 Å². The van der Waals surface area contributed by atoms with Crippen LogP contribution in [-0.4, -0.2) is 53.1 Å². The van der Waals surface area contributed by atoms with E-state index < -0.39 is 5.60 Å². The minimum atomic E-state index is -0.539. The van der Waals surface area contributed by atoms with Gasteiger partial charge in [0.05, 0.1) is 11.6 Å². The fourth-order valence-electron chi connectivity index (χ4n) is 3.56. The molecular weight excluding hydrogens is 380 g/mol. The maximum absolute atomic E-state index is 13.4. The van der Waals surface area contributed by atoms with Crippen molar-refractivity contribution in [2.24, 2.45) is 0 Å². The van der Waals surface area contributed by atoms with E-state index in [4.69, 9.17) is 9.47 Å². The van der Waals surface area contributed by atoms with Crippen LogP contribution in [0, 0.1) is 0 Å². The Balaban J connectivity index is 1.74. The van der Waals surface area contributed by atoms with Crippen molar-refractivity contribution in [3.05, 3.63) is 60.2 Å². The molecule has 1 fully saturated rings. The second-order valence-electron chi connectivity index (χ2n) is 8.37. The fourth-order valence-corrected chi connectivity index (χ4v) is 3.56. The summed E-state index contributed by atoms with van der Waals surface area (Å²) in [6.07, 6.45) is 0.391. The van der Waals surface area contributed by atoms with Crippen LogP contribution in [0.25, 0.3) is 0 Å². The Morgan fingerprint density at radius 2 is 1.73 bits per heavy atom. The third-order valence-corrected chi connectivity index (χ3v) is 4.95. The van der Waals surface area contributed by atoms with Gasteiger partial charge in [-0.2, -0.15) is 0 Å². The number of rotatable bonds is 5. The van der Waals surface area contributed by atoms with Gasteiger partial charge in [-0.05, 0) is 58.4 Å². The molecule has 1 aliphatic heterocycles. The number of likely N-dealkylation sites (N-methyl/N-ethyl adjacent to an activating group) is 1. The molecule has 0 unspecified atom stereocenters. The number of carbonyl (C=O) groups excluding carboxylic acids is 2. The molecule has 0 bridgehead atoms. The topological polar surface area (TPSA) is 59.1 Å². The molecule has 0 aromatic heterocycles. The Hall–Kier alpha value is -3.02. The fraction of sp³-hybridized carbons (Fsp3) is 0.417. The molecule has 6 nitrogen and oxygen atoms in total. The first-order valence-corrected chi connectivity index (χ1v) is 10.4. The van der Waals surface area contributed by atoms with Crippen molar-refractivity contribution in [3.63, 3.8) is 0 Å². The van der Waals surface area contributed by atoms with E-state index in [0.29, 0.717) is 36.7 Å². The number of para-hydroxylation sites is 2. The molecule has 6 heteroatoms. The largest absolute Gasteiger partial charge is 0.457 e. The molecule has 1 saturated heterocycles. The lowest BCUT2D eigenvalue weighted by Gasteiger charge is -2.29. The molecule has 1 aliphatic rings. The molecule has 2 amide bonds. The SMILES string of the molecule is CCN(C(=O)c1ccccc1Oc1ccccc1)[C@H]1CCN(C(=O)OC(C)(C)C)C1. The quantitative estimate of drug-likeness (QED) is 0.700. The predicted octanol–water partition coefficient (Wildman–Crippen LogP) is 4.95. The average molecular weight is 411 g/mol. The summed E-state index contributed by atoms with van der Waals surface area (Å²) in [7, 11) is 0. The number of hydrogen-bond acceptors (Lipinski definition) is 4. The summed E-state index contributed by atoms with van der Waals surface area (Å²) in [6, 6.07) is 16.6. The van der Waals surface area contributed by atoms with Crippen LogP contribution in [0.5, 0.6) is 11.5 Å². The molecule has 0 saturated carbocycles. The molecule has 2 aromatic rings. The highest BCUT2D eigenvalue weighted by molar-refractivity contribution is 5.97. The van der Waals surface area contributed by atoms with E-state index in [0.717, 1.165) is 6.42 Å². The molecular formula is C24H30N2O4. The van der Waals surface area contributed by atoms with Gasteiger partial charge in [0.25, 0.3) is 5.91 Å². The third-order valence-electron chi connectivity index (χ3n) is 4.95. The maximum Gasteiger partial charge on any atom is 0.410 e. The van der Waals surface area contributed by atoms with Gasteiger partial charge in [0, 0.05) is 19.6 Å². The zero-order valence-electron chi connectivity index (χ0n) is 18.1. The van der Waals surface area contributed by atoms with E-state index in [2.05, 4.69) is 0 Å². The number of carbonyl (C=O) groups is 2. The van der Waals surface area contributed by atoms with Crippen molar-refractivity contribution >= 4 is 12.0 Å². The number of benzene rings is 2. The minimum absolute atomic E-state index is 0.0557. The first-order valence-electron chi connectivity index (χ1n) is 10.4. The molecule has 0 aliphatic carbocycles. The second kappa shape index (κ2) is 9.20. The Bertz CT molecular complexity index is 876. The molecule has 3 rings (SSSR count). The van der Waals surface area contributed by atoms with E-state index in [9.17, 15) is 9.59 Å². The van der Waals surface area contributed by atoms with Gasteiger partial charge < -0.3 is 19.3 Å². The van der Waals surface area contributed by atoms with Crippen LogP contribution in [0.4, 0.5) is 4.79 Å². The van der Waals surface area contributed by atoms with Gasteiger partial charge in [-0.3, -0.25) is 4.79 Å². The van der Waals surface area contributed by atoms with Crippen LogP contribution in [-0.2, 0) is 4.74 Å². The Labute approximate surface area is 178 Å².